The topological polar surface area (TPSA) is 154 Å². The van der Waals surface area contributed by atoms with E-state index in [0.29, 0.717) is 0 Å². The van der Waals surface area contributed by atoms with Crippen LogP contribution in [0.15, 0.2) is 54.6 Å². The van der Waals surface area contributed by atoms with Gasteiger partial charge in [-0.2, -0.15) is 0 Å². The number of hydrogen-bond acceptors (Lipinski definition) is 8. The summed E-state index contributed by atoms with van der Waals surface area (Å²) < 4.78 is 10.9. The molecule has 2 aromatic carbocycles. The minimum absolute atomic E-state index is 0.0740. The normalized spacial score (nSPS) is 14.0. The van der Waals surface area contributed by atoms with Crippen LogP contribution in [0.2, 0.25) is 0 Å². The molecular formula is C33H47N3O8. The van der Waals surface area contributed by atoms with E-state index >= 15 is 0 Å². The number of ether oxygens (including phenoxy) is 2. The zero-order valence-electron chi connectivity index (χ0n) is 27.1. The maximum absolute atomic E-state index is 14.3. The quantitative estimate of drug-likeness (QED) is 0.293. The number of carbonyl (C=O) groups is 4. The zero-order valence-corrected chi connectivity index (χ0v) is 27.1. The fourth-order valence-electron chi connectivity index (χ4n) is 4.43. The van der Waals surface area contributed by atoms with Gasteiger partial charge in [-0.05, 0) is 73.9 Å². The number of aromatic hydroxyl groups is 1. The number of phenolic OH excluding ortho intramolecular Hbond substituents is 1. The Hall–Kier alpha value is -4.12. The molecule has 0 aliphatic heterocycles. The Morgan fingerprint density at radius 3 is 1.82 bits per heavy atom. The van der Waals surface area contributed by atoms with E-state index in [1.54, 1.807) is 86.6 Å². The Morgan fingerprint density at radius 2 is 1.32 bits per heavy atom. The third-order valence-corrected chi connectivity index (χ3v) is 6.16. The van der Waals surface area contributed by atoms with E-state index in [1.165, 1.54) is 17.0 Å². The zero-order chi connectivity index (χ0) is 33.5. The molecule has 4 N–H and O–H groups in total. The summed E-state index contributed by atoms with van der Waals surface area (Å²) in [5, 5.41) is 26.2. The summed E-state index contributed by atoms with van der Waals surface area (Å²) in [7, 11) is 0. The number of benzene rings is 2. The van der Waals surface area contributed by atoms with Crippen molar-refractivity contribution in [2.75, 3.05) is 6.61 Å². The third kappa shape index (κ3) is 10.9. The molecule has 0 saturated heterocycles. The lowest BCUT2D eigenvalue weighted by Gasteiger charge is -2.43. The van der Waals surface area contributed by atoms with Gasteiger partial charge in [-0.25, -0.2) is 9.59 Å². The summed E-state index contributed by atoms with van der Waals surface area (Å²) in [5.41, 5.74) is -1.98. The Balaban J connectivity index is 2.61. The van der Waals surface area contributed by atoms with Crippen LogP contribution in [0.4, 0.5) is 4.79 Å². The van der Waals surface area contributed by atoms with Crippen LogP contribution < -0.4 is 10.6 Å². The summed E-state index contributed by atoms with van der Waals surface area (Å²) in [6.07, 6.45) is -0.840. The lowest BCUT2D eigenvalue weighted by atomic mass is 9.94. The van der Waals surface area contributed by atoms with Crippen molar-refractivity contribution in [3.8, 4) is 5.75 Å². The fraction of sp³-hybridized carbons (Fsp3) is 0.515. The number of amides is 3. The summed E-state index contributed by atoms with van der Waals surface area (Å²) >= 11 is 0. The maximum atomic E-state index is 14.3. The van der Waals surface area contributed by atoms with Crippen molar-refractivity contribution >= 4 is 23.9 Å². The lowest BCUT2D eigenvalue weighted by molar-refractivity contribution is -0.159. The second kappa shape index (κ2) is 14.6. The smallest absolute Gasteiger partial charge is 0.408 e. The van der Waals surface area contributed by atoms with E-state index in [4.69, 9.17) is 9.47 Å². The van der Waals surface area contributed by atoms with Crippen LogP contribution >= 0.6 is 0 Å². The molecule has 0 radical (unpaired) electrons. The largest absolute Gasteiger partial charge is 0.508 e. The molecule has 2 aromatic rings. The van der Waals surface area contributed by atoms with Gasteiger partial charge in [0.1, 0.15) is 35.1 Å². The highest BCUT2D eigenvalue weighted by molar-refractivity contribution is 5.94. The van der Waals surface area contributed by atoms with Crippen molar-refractivity contribution < 1.29 is 38.9 Å². The third-order valence-electron chi connectivity index (χ3n) is 6.16. The van der Waals surface area contributed by atoms with E-state index in [1.807, 2.05) is 18.2 Å². The first-order valence-electron chi connectivity index (χ1n) is 14.5. The molecule has 0 fully saturated rings. The van der Waals surface area contributed by atoms with Gasteiger partial charge in [0.2, 0.25) is 11.8 Å². The number of alkyl carbamates (subject to hydrolysis) is 1. The molecule has 11 heteroatoms. The molecule has 242 valence electrons. The number of carbonyl (C=O) groups excluding carboxylic acids is 4. The minimum atomic E-state index is -1.49. The first-order chi connectivity index (χ1) is 20.2. The monoisotopic (exact) mass is 613 g/mol. The van der Waals surface area contributed by atoms with Gasteiger partial charge in [-0.3, -0.25) is 9.59 Å². The predicted octanol–water partition coefficient (Wildman–Crippen LogP) is 4.02. The van der Waals surface area contributed by atoms with Crippen molar-refractivity contribution in [2.24, 2.45) is 0 Å². The van der Waals surface area contributed by atoms with Crippen LogP contribution in [0, 0.1) is 0 Å². The van der Waals surface area contributed by atoms with Crippen molar-refractivity contribution in [1.82, 2.24) is 15.5 Å². The van der Waals surface area contributed by atoms with Gasteiger partial charge in [0.05, 0.1) is 6.61 Å². The molecule has 0 heterocycles. The van der Waals surface area contributed by atoms with Gasteiger partial charge in [-0.15, -0.1) is 0 Å². The van der Waals surface area contributed by atoms with Crippen LogP contribution in [-0.2, 0) is 30.3 Å². The summed E-state index contributed by atoms with van der Waals surface area (Å²) in [6, 6.07) is 11.0. The number of hydrogen-bond donors (Lipinski definition) is 4. The van der Waals surface area contributed by atoms with Gasteiger partial charge >= 0.3 is 12.1 Å². The van der Waals surface area contributed by atoms with Gasteiger partial charge in [0.25, 0.3) is 0 Å². The van der Waals surface area contributed by atoms with E-state index in [-0.39, 0.29) is 17.7 Å². The highest BCUT2D eigenvalue weighted by atomic mass is 16.6. The van der Waals surface area contributed by atoms with E-state index < -0.39 is 65.4 Å². The number of nitrogens with one attached hydrogen (secondary N) is 2. The molecule has 0 aromatic heterocycles. The molecule has 3 unspecified atom stereocenters. The first kappa shape index (κ1) is 36.1. The van der Waals surface area contributed by atoms with Gasteiger partial charge in [-0.1, -0.05) is 48.5 Å². The second-order valence-corrected chi connectivity index (χ2v) is 13.5. The number of nitrogens with zero attached hydrogens (tertiary/aromatic N) is 1. The molecule has 11 nitrogen and oxygen atoms in total. The molecule has 0 aliphatic carbocycles. The van der Waals surface area contributed by atoms with E-state index in [2.05, 4.69) is 10.6 Å². The Bertz CT molecular complexity index is 1290. The Kier molecular flexibility index (Phi) is 11.9. The first-order valence-corrected chi connectivity index (χ1v) is 14.5. The molecule has 0 aliphatic rings. The van der Waals surface area contributed by atoms with Crippen molar-refractivity contribution in [2.45, 2.75) is 104 Å². The number of aliphatic hydroxyl groups is 1. The van der Waals surface area contributed by atoms with E-state index in [0.717, 1.165) is 5.56 Å². The number of phenols is 1. The molecule has 0 bridgehead atoms. The number of para-hydroxylation sites is 1. The Morgan fingerprint density at radius 1 is 0.773 bits per heavy atom. The molecule has 3 amide bonds. The average Bonchev–Trinajstić information content (AvgIpc) is 2.88. The number of rotatable bonds is 10. The summed E-state index contributed by atoms with van der Waals surface area (Å²) in [4.78, 5) is 55.5. The average molecular weight is 614 g/mol. The van der Waals surface area contributed by atoms with Gasteiger partial charge < -0.3 is 35.2 Å². The maximum Gasteiger partial charge on any atom is 0.408 e. The highest BCUT2D eigenvalue weighted by Crippen LogP contribution is 2.34. The Labute approximate surface area is 259 Å². The van der Waals surface area contributed by atoms with Crippen molar-refractivity contribution in [3.05, 3.63) is 65.7 Å². The SMILES string of the molecule is CC(C)(C)OC(=O)NC(CO)C(=O)N(C(C(=O)NC(Cc1ccccc1)C(=O)OC(C)(C)C)c1ccccc1O)C(C)(C)C. The molecule has 2 rings (SSSR count). The summed E-state index contributed by atoms with van der Waals surface area (Å²) in [6.45, 7) is 14.3. The van der Waals surface area contributed by atoms with Gasteiger partial charge in [0, 0.05) is 17.5 Å². The van der Waals surface area contributed by atoms with E-state index in [9.17, 15) is 29.4 Å². The number of aliphatic hydroxyl groups excluding tert-OH is 1. The van der Waals surface area contributed by atoms with Crippen LogP contribution in [-0.4, -0.2) is 74.4 Å². The molecular weight excluding hydrogens is 566 g/mol. The molecule has 3 atom stereocenters. The van der Waals surface area contributed by atoms with Crippen molar-refractivity contribution in [1.29, 1.82) is 0 Å². The second-order valence-electron chi connectivity index (χ2n) is 13.5. The van der Waals surface area contributed by atoms with Crippen LogP contribution in [0.3, 0.4) is 0 Å². The highest BCUT2D eigenvalue weighted by Gasteiger charge is 2.43. The molecule has 0 spiro atoms. The lowest BCUT2D eigenvalue weighted by Crippen LogP contribution is -2.60. The minimum Gasteiger partial charge on any atom is -0.508 e. The summed E-state index contributed by atoms with van der Waals surface area (Å²) in [5.74, 6) is -2.55. The van der Waals surface area contributed by atoms with Crippen LogP contribution in [0.25, 0.3) is 0 Å². The fourth-order valence-corrected chi connectivity index (χ4v) is 4.43. The van der Waals surface area contributed by atoms with Gasteiger partial charge in [0.15, 0.2) is 0 Å². The van der Waals surface area contributed by atoms with Crippen molar-refractivity contribution in [3.63, 3.8) is 0 Å². The number of esters is 1. The molecule has 44 heavy (non-hydrogen) atoms. The van der Waals surface area contributed by atoms with Crippen LogP contribution in [0.1, 0.15) is 79.5 Å². The predicted molar refractivity (Wildman–Crippen MR) is 166 cm³/mol. The standard InChI is InChI=1S/C33H47N3O8/c1-31(2,3)36(28(40)24(20-37)35-30(42)44-33(7,8)9)26(22-17-13-14-18-25(22)38)27(39)34-23(29(41)43-32(4,5)6)19-21-15-11-10-12-16-21/h10-18,23-24,26,37-38H,19-20H2,1-9H3,(H,34,39)(H,35,42). The van der Waals surface area contributed by atoms with Crippen LogP contribution in [0.5, 0.6) is 5.75 Å². The molecule has 0 saturated carbocycles.